The van der Waals surface area contributed by atoms with Crippen molar-refractivity contribution < 1.29 is 19.4 Å². The second-order valence-electron chi connectivity index (χ2n) is 4.30. The summed E-state index contributed by atoms with van der Waals surface area (Å²) in [6.45, 7) is 0.811. The van der Waals surface area contributed by atoms with Crippen LogP contribution in [0.3, 0.4) is 0 Å². The Kier molecular flexibility index (Phi) is 4.37. The fraction of sp³-hybridized carbons (Fsp3) is 0.286. The van der Waals surface area contributed by atoms with E-state index >= 15 is 0 Å². The van der Waals surface area contributed by atoms with E-state index in [0.29, 0.717) is 19.0 Å². The van der Waals surface area contributed by atoms with Crippen molar-refractivity contribution in [2.45, 2.75) is 0 Å². The average Bonchev–Trinajstić information content (AvgIpc) is 2.85. The summed E-state index contributed by atoms with van der Waals surface area (Å²) in [5.41, 5.74) is 1.77. The average molecular weight is 276 g/mol. The highest BCUT2D eigenvalue weighted by molar-refractivity contribution is 5.90. The van der Waals surface area contributed by atoms with Crippen molar-refractivity contribution in [2.75, 3.05) is 20.3 Å². The predicted molar refractivity (Wildman–Crippen MR) is 73.0 cm³/mol. The minimum atomic E-state index is -0.993. The maximum atomic E-state index is 11.2. The molecule has 0 bridgehead atoms. The molecule has 0 aliphatic rings. The highest BCUT2D eigenvalue weighted by Crippen LogP contribution is 2.26. The fourth-order valence-corrected chi connectivity index (χ4v) is 1.79. The Morgan fingerprint density at radius 3 is 2.70 bits per heavy atom. The van der Waals surface area contributed by atoms with Crippen molar-refractivity contribution in [3.8, 4) is 16.9 Å². The molecular formula is C14H16N2O4. The number of nitrogens with zero attached hydrogens (tertiary/aromatic N) is 2. The third-order valence-electron chi connectivity index (χ3n) is 2.75. The lowest BCUT2D eigenvalue weighted by atomic mass is 10.1. The van der Waals surface area contributed by atoms with Crippen molar-refractivity contribution in [1.82, 2.24) is 9.78 Å². The topological polar surface area (TPSA) is 73.6 Å². The number of hydrogen-bond donors (Lipinski definition) is 1. The van der Waals surface area contributed by atoms with Crippen LogP contribution in [0.15, 0.2) is 30.6 Å². The maximum absolute atomic E-state index is 11.2. The Hall–Kier alpha value is -2.34. The zero-order valence-corrected chi connectivity index (χ0v) is 11.4. The van der Waals surface area contributed by atoms with Crippen LogP contribution in [0.25, 0.3) is 11.1 Å². The molecule has 0 saturated heterocycles. The van der Waals surface area contributed by atoms with Gasteiger partial charge in [0.25, 0.3) is 0 Å². The normalized spacial score (nSPS) is 10.5. The van der Waals surface area contributed by atoms with Gasteiger partial charge in [0.15, 0.2) is 0 Å². The Morgan fingerprint density at radius 1 is 1.30 bits per heavy atom. The van der Waals surface area contributed by atoms with Crippen LogP contribution in [0.4, 0.5) is 0 Å². The first-order chi connectivity index (χ1) is 9.60. The molecule has 1 aromatic heterocycles. The second-order valence-corrected chi connectivity index (χ2v) is 4.30. The van der Waals surface area contributed by atoms with Gasteiger partial charge in [-0.2, -0.15) is 5.10 Å². The fourth-order valence-electron chi connectivity index (χ4n) is 1.79. The standard InChI is InChI=1S/C14H16N2O4/c1-16-9-12(8-15-16)10-5-11(14(17)18)7-13(6-10)20-4-3-19-2/h5-9H,3-4H2,1-2H3,(H,17,18). The third-order valence-corrected chi connectivity index (χ3v) is 2.75. The minimum Gasteiger partial charge on any atom is -0.491 e. The lowest BCUT2D eigenvalue weighted by molar-refractivity contribution is 0.0696. The van der Waals surface area contributed by atoms with Gasteiger partial charge < -0.3 is 14.6 Å². The van der Waals surface area contributed by atoms with Crippen LogP contribution in [0.1, 0.15) is 10.4 Å². The van der Waals surface area contributed by atoms with Gasteiger partial charge in [0.2, 0.25) is 0 Å². The SMILES string of the molecule is COCCOc1cc(C(=O)O)cc(-c2cnn(C)c2)c1. The monoisotopic (exact) mass is 276 g/mol. The smallest absolute Gasteiger partial charge is 0.335 e. The van der Waals surface area contributed by atoms with Crippen LogP contribution in [-0.4, -0.2) is 41.2 Å². The minimum absolute atomic E-state index is 0.179. The third kappa shape index (κ3) is 3.36. The predicted octanol–water partition coefficient (Wildman–Crippen LogP) is 1.81. The molecule has 0 saturated carbocycles. The molecule has 0 unspecified atom stereocenters. The molecule has 0 radical (unpaired) electrons. The van der Waals surface area contributed by atoms with Crippen LogP contribution in [0.2, 0.25) is 0 Å². The van der Waals surface area contributed by atoms with E-state index in [1.54, 1.807) is 37.2 Å². The number of aromatic carboxylic acids is 1. The first-order valence-electron chi connectivity index (χ1n) is 6.09. The van der Waals surface area contributed by atoms with E-state index in [-0.39, 0.29) is 5.56 Å². The summed E-state index contributed by atoms with van der Waals surface area (Å²) in [6, 6.07) is 4.89. The van der Waals surface area contributed by atoms with E-state index in [0.717, 1.165) is 11.1 Å². The molecule has 2 rings (SSSR count). The number of carboxylic acids is 1. The van der Waals surface area contributed by atoms with Crippen molar-refractivity contribution in [3.63, 3.8) is 0 Å². The Balaban J connectivity index is 2.33. The van der Waals surface area contributed by atoms with E-state index in [9.17, 15) is 4.79 Å². The van der Waals surface area contributed by atoms with Gasteiger partial charge in [0, 0.05) is 25.9 Å². The summed E-state index contributed by atoms with van der Waals surface area (Å²) in [4.78, 5) is 11.2. The summed E-state index contributed by atoms with van der Waals surface area (Å²) in [7, 11) is 3.39. The number of hydrogen-bond acceptors (Lipinski definition) is 4. The Morgan fingerprint density at radius 2 is 2.10 bits per heavy atom. The second kappa shape index (κ2) is 6.21. The first kappa shape index (κ1) is 14.1. The van der Waals surface area contributed by atoms with E-state index in [4.69, 9.17) is 14.6 Å². The molecule has 0 spiro atoms. The Labute approximate surface area is 116 Å². The number of benzene rings is 1. The quantitative estimate of drug-likeness (QED) is 0.814. The van der Waals surface area contributed by atoms with Gasteiger partial charge in [-0.05, 0) is 23.8 Å². The molecule has 1 N–H and O–H groups in total. The van der Waals surface area contributed by atoms with Crippen molar-refractivity contribution in [2.24, 2.45) is 7.05 Å². The van der Waals surface area contributed by atoms with Crippen molar-refractivity contribution in [1.29, 1.82) is 0 Å². The van der Waals surface area contributed by atoms with E-state index in [1.165, 1.54) is 6.07 Å². The molecule has 2 aromatic rings. The van der Waals surface area contributed by atoms with E-state index < -0.39 is 5.97 Å². The first-order valence-corrected chi connectivity index (χ1v) is 6.09. The highest BCUT2D eigenvalue weighted by Gasteiger charge is 2.10. The van der Waals surface area contributed by atoms with Gasteiger partial charge in [0.05, 0.1) is 18.4 Å². The molecule has 0 amide bonds. The van der Waals surface area contributed by atoms with Crippen LogP contribution in [0.5, 0.6) is 5.75 Å². The summed E-state index contributed by atoms with van der Waals surface area (Å²) in [5.74, 6) is -0.492. The largest absolute Gasteiger partial charge is 0.491 e. The van der Waals surface area contributed by atoms with E-state index in [1.807, 2.05) is 6.20 Å². The summed E-state index contributed by atoms with van der Waals surface area (Å²) in [5, 5.41) is 13.2. The molecule has 0 fully saturated rings. The maximum Gasteiger partial charge on any atom is 0.335 e. The summed E-state index contributed by atoms with van der Waals surface area (Å²) in [6.07, 6.45) is 3.50. The molecule has 6 heteroatoms. The number of carboxylic acid groups (broad SMARTS) is 1. The van der Waals surface area contributed by atoms with Gasteiger partial charge in [-0.15, -0.1) is 0 Å². The molecule has 0 atom stereocenters. The summed E-state index contributed by atoms with van der Waals surface area (Å²) >= 11 is 0. The van der Waals surface area contributed by atoms with Gasteiger partial charge in [-0.3, -0.25) is 4.68 Å². The van der Waals surface area contributed by atoms with Gasteiger partial charge >= 0.3 is 5.97 Å². The molecular weight excluding hydrogens is 260 g/mol. The number of rotatable bonds is 6. The lowest BCUT2D eigenvalue weighted by Gasteiger charge is -2.08. The highest BCUT2D eigenvalue weighted by atomic mass is 16.5. The number of carbonyl (C=O) groups is 1. The van der Waals surface area contributed by atoms with Crippen LogP contribution < -0.4 is 4.74 Å². The molecule has 1 heterocycles. The summed E-state index contributed by atoms with van der Waals surface area (Å²) < 4.78 is 12.1. The number of aryl methyl sites for hydroxylation is 1. The number of methoxy groups -OCH3 is 1. The van der Waals surface area contributed by atoms with Crippen molar-refractivity contribution >= 4 is 5.97 Å². The zero-order chi connectivity index (χ0) is 14.5. The molecule has 6 nitrogen and oxygen atoms in total. The van der Waals surface area contributed by atoms with E-state index in [2.05, 4.69) is 5.10 Å². The number of ether oxygens (including phenoxy) is 2. The van der Waals surface area contributed by atoms with Gasteiger partial charge in [0.1, 0.15) is 12.4 Å². The van der Waals surface area contributed by atoms with Crippen LogP contribution >= 0.6 is 0 Å². The number of aromatic nitrogens is 2. The lowest BCUT2D eigenvalue weighted by Crippen LogP contribution is -2.05. The zero-order valence-electron chi connectivity index (χ0n) is 11.4. The molecule has 20 heavy (non-hydrogen) atoms. The van der Waals surface area contributed by atoms with Crippen LogP contribution in [-0.2, 0) is 11.8 Å². The molecule has 0 aliphatic heterocycles. The molecule has 106 valence electrons. The molecule has 1 aromatic carbocycles. The molecule has 0 aliphatic carbocycles. The Bertz CT molecular complexity index is 607. The van der Waals surface area contributed by atoms with Crippen molar-refractivity contribution in [3.05, 3.63) is 36.2 Å². The van der Waals surface area contributed by atoms with Crippen LogP contribution in [0, 0.1) is 0 Å². The van der Waals surface area contributed by atoms with Gasteiger partial charge in [-0.1, -0.05) is 0 Å². The van der Waals surface area contributed by atoms with Gasteiger partial charge in [-0.25, -0.2) is 4.79 Å².